The van der Waals surface area contributed by atoms with Gasteiger partial charge in [0.25, 0.3) is 0 Å². The summed E-state index contributed by atoms with van der Waals surface area (Å²) >= 11 is 0. The molecule has 4 nitrogen and oxygen atoms in total. The van der Waals surface area contributed by atoms with E-state index in [-0.39, 0.29) is 22.3 Å². The zero-order valence-electron chi connectivity index (χ0n) is 6.44. The summed E-state index contributed by atoms with van der Waals surface area (Å²) in [6.45, 7) is 0. The lowest BCUT2D eigenvalue weighted by atomic mass is 10.3. The summed E-state index contributed by atoms with van der Waals surface area (Å²) < 4.78 is 44.1. The van der Waals surface area contributed by atoms with Crippen molar-refractivity contribution in [2.45, 2.75) is 0 Å². The first kappa shape index (κ1) is 8.21. The van der Waals surface area contributed by atoms with Gasteiger partial charge < -0.3 is 16.8 Å². The molecule has 0 aliphatic heterocycles. The molecule has 8 heteroatoms. The molecule has 0 aliphatic carbocycles. The summed E-state index contributed by atoms with van der Waals surface area (Å²) in [7, 11) is -4.82. The highest BCUT2D eigenvalue weighted by atomic mass is 31.1. The fourth-order valence-corrected chi connectivity index (χ4v) is 2.42. The van der Waals surface area contributed by atoms with Gasteiger partial charge in [-0.15, -0.1) is 8.39 Å². The monoisotopic (exact) mass is 238 g/mol. The maximum absolute atomic E-state index is 12.6. The van der Waals surface area contributed by atoms with Gasteiger partial charge in [-0.05, 0) is 0 Å². The Balaban J connectivity index is 2.49. The number of fused-ring (bicyclic) bond motifs is 2. The van der Waals surface area contributed by atoms with Crippen LogP contribution in [0, 0.1) is 0 Å². The molecular weight excluding hydrogens is 236 g/mol. The van der Waals surface area contributed by atoms with E-state index in [0.29, 0.717) is 0 Å². The van der Waals surface area contributed by atoms with Gasteiger partial charge in [0.05, 0.1) is 0 Å². The molecule has 0 atom stereocenters. The quantitative estimate of drug-likeness (QED) is 0.557. The summed E-state index contributed by atoms with van der Waals surface area (Å²) in [6.07, 6.45) is 0. The van der Waals surface area contributed by atoms with Crippen LogP contribution in [0.25, 0.3) is 22.3 Å². The minimum atomic E-state index is -2.41. The van der Waals surface area contributed by atoms with Gasteiger partial charge in [-0.25, -0.2) is 0 Å². The molecule has 0 amide bonds. The Morgan fingerprint density at radius 2 is 1.00 bits per heavy atom. The molecule has 2 heterocycles. The molecular formula is C6H2F2O4P2. The van der Waals surface area contributed by atoms with Gasteiger partial charge in [0.1, 0.15) is 0 Å². The van der Waals surface area contributed by atoms with Crippen LogP contribution in [0.15, 0.2) is 28.9 Å². The maximum atomic E-state index is 12.6. The fraction of sp³-hybridized carbons (Fsp3) is 0. The molecule has 0 aliphatic rings. The van der Waals surface area contributed by atoms with Crippen LogP contribution >= 0.6 is 16.6 Å². The van der Waals surface area contributed by atoms with Crippen LogP contribution in [0.2, 0.25) is 0 Å². The summed E-state index contributed by atoms with van der Waals surface area (Å²) in [5.74, 6) is 0. The van der Waals surface area contributed by atoms with E-state index in [2.05, 4.69) is 0 Å². The van der Waals surface area contributed by atoms with Gasteiger partial charge in [-0.1, -0.05) is 0 Å². The topological polar surface area (TPSA) is 52.6 Å². The van der Waals surface area contributed by atoms with Crippen molar-refractivity contribution in [1.29, 1.82) is 0 Å². The number of hydrogen-bond acceptors (Lipinski definition) is 4. The third-order valence-electron chi connectivity index (χ3n) is 1.69. The van der Waals surface area contributed by atoms with Crippen molar-refractivity contribution in [2.75, 3.05) is 0 Å². The van der Waals surface area contributed by atoms with Crippen molar-refractivity contribution >= 4 is 39.0 Å². The van der Waals surface area contributed by atoms with Gasteiger partial charge in [0.2, 0.25) is 0 Å². The second kappa shape index (κ2) is 2.69. The van der Waals surface area contributed by atoms with Crippen LogP contribution in [0.5, 0.6) is 0 Å². The number of hydrogen-bond donors (Lipinski definition) is 0. The third kappa shape index (κ3) is 1.11. The minimum absolute atomic E-state index is 0.214. The molecule has 2 aromatic heterocycles. The van der Waals surface area contributed by atoms with E-state index >= 15 is 0 Å². The van der Waals surface area contributed by atoms with Gasteiger partial charge in [0, 0.05) is 12.1 Å². The van der Waals surface area contributed by atoms with Crippen molar-refractivity contribution in [3.63, 3.8) is 0 Å². The van der Waals surface area contributed by atoms with Crippen LogP contribution in [-0.4, -0.2) is 0 Å². The highest BCUT2D eigenvalue weighted by molar-refractivity contribution is 7.31. The number of rotatable bonds is 0. The molecule has 0 fully saturated rings. The van der Waals surface area contributed by atoms with Crippen molar-refractivity contribution in [1.82, 2.24) is 0 Å². The molecule has 0 saturated heterocycles. The van der Waals surface area contributed by atoms with E-state index in [1.165, 1.54) is 12.1 Å². The molecule has 0 N–H and O–H groups in total. The van der Waals surface area contributed by atoms with Crippen LogP contribution in [0.4, 0.5) is 8.39 Å². The van der Waals surface area contributed by atoms with Crippen molar-refractivity contribution < 1.29 is 25.2 Å². The van der Waals surface area contributed by atoms with Crippen LogP contribution in [0.3, 0.4) is 0 Å². The Kier molecular flexibility index (Phi) is 1.58. The standard InChI is InChI=1S/C6H2F2O4P2/c7-13-9-3-1-4-6(2-5(3)11-13)12-14(8)10-4/h1-2H. The SMILES string of the molecule is Fp1oc2cc3op(F)oc3cc2o1. The summed E-state index contributed by atoms with van der Waals surface area (Å²) in [6, 6.07) is 2.71. The normalized spacial score (nSPS) is 11.6. The fourth-order valence-electron chi connectivity index (χ4n) is 1.15. The van der Waals surface area contributed by atoms with E-state index in [9.17, 15) is 8.39 Å². The van der Waals surface area contributed by atoms with Gasteiger partial charge in [-0.3, -0.25) is 0 Å². The molecule has 1 aromatic carbocycles. The molecule has 74 valence electrons. The maximum Gasteiger partial charge on any atom is 0.430 e. The number of halogens is 2. The highest BCUT2D eigenvalue weighted by Crippen LogP contribution is 2.41. The number of benzene rings is 1. The first-order valence-electron chi connectivity index (χ1n) is 3.54. The van der Waals surface area contributed by atoms with E-state index in [0.717, 1.165) is 0 Å². The predicted molar refractivity (Wildman–Crippen MR) is 46.6 cm³/mol. The zero-order chi connectivity index (χ0) is 9.71. The molecule has 0 spiro atoms. The van der Waals surface area contributed by atoms with Gasteiger partial charge in [0.15, 0.2) is 22.3 Å². The predicted octanol–water partition coefficient (Wildman–Crippen LogP) is 4.93. The summed E-state index contributed by atoms with van der Waals surface area (Å²) in [5.41, 5.74) is 0.857. The van der Waals surface area contributed by atoms with E-state index in [1.54, 1.807) is 0 Å². The first-order valence-corrected chi connectivity index (χ1v) is 5.68. The highest BCUT2D eigenvalue weighted by Gasteiger charge is 2.12. The minimum Gasteiger partial charge on any atom is -0.392 e. The second-order valence-corrected chi connectivity index (χ2v) is 4.12. The zero-order valence-corrected chi connectivity index (χ0v) is 8.23. The Hall–Kier alpha value is -1.12. The Morgan fingerprint density at radius 3 is 1.29 bits per heavy atom. The van der Waals surface area contributed by atoms with Crippen molar-refractivity contribution in [3.05, 3.63) is 12.1 Å². The summed E-state index contributed by atoms with van der Waals surface area (Å²) in [4.78, 5) is 0. The smallest absolute Gasteiger partial charge is 0.392 e. The Morgan fingerprint density at radius 1 is 0.714 bits per heavy atom. The van der Waals surface area contributed by atoms with Crippen LogP contribution in [0.1, 0.15) is 0 Å². The lowest BCUT2D eigenvalue weighted by Gasteiger charge is -1.82. The van der Waals surface area contributed by atoms with Gasteiger partial charge >= 0.3 is 16.6 Å². The van der Waals surface area contributed by atoms with E-state index in [1.807, 2.05) is 0 Å². The van der Waals surface area contributed by atoms with Crippen molar-refractivity contribution in [3.8, 4) is 0 Å². The molecule has 0 radical (unpaired) electrons. The average Bonchev–Trinajstić information content (AvgIpc) is 2.59. The van der Waals surface area contributed by atoms with E-state index < -0.39 is 16.6 Å². The largest absolute Gasteiger partial charge is 0.430 e. The van der Waals surface area contributed by atoms with Crippen LogP contribution in [-0.2, 0) is 0 Å². The molecule has 3 aromatic rings. The molecule has 0 unspecified atom stereocenters. The molecule has 3 rings (SSSR count). The van der Waals surface area contributed by atoms with Gasteiger partial charge in [-0.2, -0.15) is 0 Å². The first-order chi connectivity index (χ1) is 6.72. The lowest BCUT2D eigenvalue weighted by molar-refractivity contribution is 0.610. The second-order valence-electron chi connectivity index (χ2n) is 2.54. The average molecular weight is 238 g/mol. The molecule has 0 bridgehead atoms. The van der Waals surface area contributed by atoms with Crippen LogP contribution < -0.4 is 0 Å². The Bertz CT molecular complexity index is 528. The van der Waals surface area contributed by atoms with E-state index in [4.69, 9.17) is 16.8 Å². The Labute approximate surface area is 77.1 Å². The molecule has 14 heavy (non-hydrogen) atoms. The molecule has 0 saturated carbocycles. The van der Waals surface area contributed by atoms with Crippen molar-refractivity contribution in [2.24, 2.45) is 0 Å². The third-order valence-corrected chi connectivity index (χ3v) is 3.05. The summed E-state index contributed by atoms with van der Waals surface area (Å²) in [5, 5.41) is 0. The lowest BCUT2D eigenvalue weighted by Crippen LogP contribution is -1.63.